The van der Waals surface area contributed by atoms with Gasteiger partial charge in [-0.25, -0.2) is 5.56 Å². The summed E-state index contributed by atoms with van der Waals surface area (Å²) < 4.78 is 1.98. The van der Waals surface area contributed by atoms with Crippen LogP contribution in [0.25, 0.3) is 60.9 Å². The van der Waals surface area contributed by atoms with Gasteiger partial charge in [-0.05, 0) is 41.9 Å². The van der Waals surface area contributed by atoms with E-state index in [1.807, 2.05) is 23.7 Å². The van der Waals surface area contributed by atoms with Crippen LogP contribution >= 0.6 is 0 Å². The largest absolute Gasteiger partial charge is 3.00 e. The maximum Gasteiger partial charge on any atom is 3.00 e. The summed E-state index contributed by atoms with van der Waals surface area (Å²) in [7, 11) is 0. The molecule has 0 radical (unpaired) electrons. The molecule has 0 aliphatic heterocycles. The molecule has 7 aromatic rings. The molecule has 0 unspecified atom stereocenters. The van der Waals surface area contributed by atoms with E-state index in [-0.39, 0.29) is 22.4 Å². The molecule has 0 aliphatic rings. The second kappa shape index (κ2) is 10.7. The first kappa shape index (κ1) is 27.0. The number of hydrogen-bond acceptors (Lipinski definition) is 1. The third-order valence-corrected chi connectivity index (χ3v) is 7.67. The van der Waals surface area contributed by atoms with Crippen LogP contribution < -0.4 is 4.98 Å². The third kappa shape index (κ3) is 4.76. The zero-order chi connectivity index (χ0) is 27.4. The quantitative estimate of drug-likeness (QED) is 0.135. The number of aromatic nitrogens is 3. The summed E-state index contributed by atoms with van der Waals surface area (Å²) >= 11 is 0. The Morgan fingerprint density at radius 1 is 0.659 bits per heavy atom. The van der Waals surface area contributed by atoms with Gasteiger partial charge in [-0.2, -0.15) is 39.9 Å². The molecule has 2 aromatic heterocycles. The van der Waals surface area contributed by atoms with Gasteiger partial charge in [-0.15, -0.1) is 34.3 Å². The van der Waals surface area contributed by atoms with E-state index >= 15 is 0 Å². The van der Waals surface area contributed by atoms with Crippen molar-refractivity contribution >= 4 is 21.8 Å². The van der Waals surface area contributed by atoms with Crippen LogP contribution in [-0.2, 0) is 22.4 Å². The number of fused-ring (bicyclic) bond motifs is 3. The summed E-state index contributed by atoms with van der Waals surface area (Å²) in [4.78, 5) is 5.04. The molecule has 2 heterocycles. The number of hydrogen-bond donors (Lipinski definition) is 0. The molecule has 4 heteroatoms. The summed E-state index contributed by atoms with van der Waals surface area (Å²) in [6.07, 6.45) is 0. The van der Waals surface area contributed by atoms with E-state index < -0.39 is 0 Å². The average Bonchev–Trinajstić information content (AvgIpc) is 3.52. The maximum atomic E-state index is 5.04. The van der Waals surface area contributed by atoms with E-state index in [1.54, 1.807) is 0 Å². The van der Waals surface area contributed by atoms with Crippen molar-refractivity contribution in [3.05, 3.63) is 132 Å². The van der Waals surface area contributed by atoms with Gasteiger partial charge < -0.3 is 4.98 Å². The molecular weight excluding hydrogens is 683 g/mol. The number of rotatable bonds is 4. The Labute approximate surface area is 256 Å². The van der Waals surface area contributed by atoms with Crippen molar-refractivity contribution in [1.82, 2.24) is 14.8 Å². The molecule has 202 valence electrons. The minimum atomic E-state index is 0. The van der Waals surface area contributed by atoms with Crippen LogP contribution in [0.1, 0.15) is 22.5 Å². The van der Waals surface area contributed by atoms with E-state index in [9.17, 15) is 0 Å². The first-order chi connectivity index (χ1) is 19.5. The molecule has 0 saturated carbocycles. The topological polar surface area (TPSA) is 31.9 Å². The van der Waals surface area contributed by atoms with E-state index in [1.165, 1.54) is 16.3 Å². The van der Waals surface area contributed by atoms with Crippen LogP contribution in [0.2, 0.25) is 0 Å². The first-order valence-electron chi connectivity index (χ1n) is 13.6. The molecule has 0 atom stereocenters. The van der Waals surface area contributed by atoms with Gasteiger partial charge in [-0.1, -0.05) is 92.2 Å². The third-order valence-electron chi connectivity index (χ3n) is 7.67. The van der Waals surface area contributed by atoms with Crippen molar-refractivity contribution in [2.75, 3.05) is 0 Å². The fraction of sp³-hybridized carbons (Fsp3) is 0.108. The molecule has 0 saturated heterocycles. The predicted octanol–water partition coefficient (Wildman–Crippen LogP) is 8.97. The smallest absolute Gasteiger partial charge is 0.663 e. The van der Waals surface area contributed by atoms with Gasteiger partial charge in [0.2, 0.25) is 0 Å². The second-order valence-electron chi connectivity index (χ2n) is 10.6. The van der Waals surface area contributed by atoms with E-state index in [4.69, 9.17) is 10.1 Å². The fourth-order valence-corrected chi connectivity index (χ4v) is 5.83. The van der Waals surface area contributed by atoms with Crippen LogP contribution in [0.4, 0.5) is 0 Å². The van der Waals surface area contributed by atoms with E-state index in [0.29, 0.717) is 0 Å². The molecule has 7 rings (SSSR count). The molecule has 0 aliphatic carbocycles. The standard InChI is InChI=1S/C37H28N3.Au/c1-23-17-24(2)35(33-15-10-14-32-31-13-8-9-16-36(31)38-37(32)33)22-34(23)29-19-28(27-11-6-5-7-12-27)20-30(21-29)40-26(4)18-25(3)39-40;/h5-20H,1-4H3;/q-3;+3. The van der Waals surface area contributed by atoms with Gasteiger partial charge in [0.1, 0.15) is 0 Å². The molecule has 0 spiro atoms. The van der Waals surface area contributed by atoms with Crippen molar-refractivity contribution < 1.29 is 22.4 Å². The van der Waals surface area contributed by atoms with Crippen molar-refractivity contribution in [3.63, 3.8) is 0 Å². The summed E-state index contributed by atoms with van der Waals surface area (Å²) in [6, 6.07) is 41.6. The Hall–Kier alpha value is -4.15. The Bertz CT molecular complexity index is 2050. The molecule has 0 bridgehead atoms. The Morgan fingerprint density at radius 3 is 2.17 bits per heavy atom. The fourth-order valence-electron chi connectivity index (χ4n) is 5.83. The summed E-state index contributed by atoms with van der Waals surface area (Å²) in [5.74, 6) is 0. The van der Waals surface area contributed by atoms with Crippen LogP contribution in [0.5, 0.6) is 0 Å². The first-order valence-corrected chi connectivity index (χ1v) is 13.6. The summed E-state index contributed by atoms with van der Waals surface area (Å²) in [5, 5.41) is 7.13. The van der Waals surface area contributed by atoms with Crippen LogP contribution in [-0.4, -0.2) is 9.78 Å². The summed E-state index contributed by atoms with van der Waals surface area (Å²) in [6.45, 7) is 8.43. The predicted molar refractivity (Wildman–Crippen MR) is 165 cm³/mol. The summed E-state index contributed by atoms with van der Waals surface area (Å²) in [5.41, 5.74) is 13.8. The van der Waals surface area contributed by atoms with Gasteiger partial charge >= 0.3 is 22.4 Å². The van der Waals surface area contributed by atoms with Gasteiger partial charge in [0.05, 0.1) is 5.69 Å². The minimum absolute atomic E-state index is 0. The molecular formula is C37H28AuN3. The zero-order valence-corrected chi connectivity index (χ0v) is 25.5. The molecule has 41 heavy (non-hydrogen) atoms. The van der Waals surface area contributed by atoms with Crippen LogP contribution in [0.15, 0.2) is 97.1 Å². The Kier molecular flexibility index (Phi) is 7.04. The molecule has 0 fully saturated rings. The number of benzene rings is 5. The zero-order valence-electron chi connectivity index (χ0n) is 23.4. The Morgan fingerprint density at radius 2 is 1.39 bits per heavy atom. The molecule has 0 N–H and O–H groups in total. The van der Waals surface area contributed by atoms with Crippen molar-refractivity contribution in [2.24, 2.45) is 0 Å². The normalized spacial score (nSPS) is 11.2. The Balaban J connectivity index is 0.00000302. The minimum Gasteiger partial charge on any atom is -0.663 e. The number of nitrogens with zero attached hydrogens (tertiary/aromatic N) is 3. The second-order valence-corrected chi connectivity index (χ2v) is 10.6. The van der Waals surface area contributed by atoms with E-state index in [2.05, 4.69) is 118 Å². The number of aryl methyl sites for hydroxylation is 4. The molecule has 5 aromatic carbocycles. The van der Waals surface area contributed by atoms with Gasteiger partial charge in [0, 0.05) is 5.69 Å². The SMILES string of the molecule is Cc1cc(C)n(-c2[c-]c(-c3[c-]c(-c4cccc5c4[n-]c4ccccc45)c(C)cc3C)cc(-c3ccccc3)c2)n1.[Au+3]. The number of para-hydroxylation sites is 2. The van der Waals surface area contributed by atoms with Gasteiger partial charge in [0.15, 0.2) is 0 Å². The maximum absolute atomic E-state index is 5.04. The average molecular weight is 712 g/mol. The monoisotopic (exact) mass is 711 g/mol. The van der Waals surface area contributed by atoms with Crippen molar-refractivity contribution in [3.8, 4) is 39.1 Å². The molecule has 0 amide bonds. The van der Waals surface area contributed by atoms with Gasteiger partial charge in [0.25, 0.3) is 0 Å². The van der Waals surface area contributed by atoms with E-state index in [0.717, 1.165) is 67.1 Å². The van der Waals surface area contributed by atoms with Crippen molar-refractivity contribution in [2.45, 2.75) is 27.7 Å². The van der Waals surface area contributed by atoms with Crippen LogP contribution in [0, 0.1) is 39.8 Å². The molecule has 3 nitrogen and oxygen atoms in total. The van der Waals surface area contributed by atoms with Gasteiger partial charge in [-0.3, -0.25) is 4.68 Å². The van der Waals surface area contributed by atoms with Crippen LogP contribution in [0.3, 0.4) is 0 Å². The van der Waals surface area contributed by atoms with Crippen molar-refractivity contribution in [1.29, 1.82) is 0 Å².